The first-order valence-electron chi connectivity index (χ1n) is 9.64. The Hall–Kier alpha value is -3.73. The summed E-state index contributed by atoms with van der Waals surface area (Å²) in [5.41, 5.74) is 7.00. The highest BCUT2D eigenvalue weighted by Crippen LogP contribution is 2.29. The molecule has 5 nitrogen and oxygen atoms in total. The van der Waals surface area contributed by atoms with Gasteiger partial charge in [-0.1, -0.05) is 12.1 Å². The molecule has 5 rings (SSSR count). The predicted molar refractivity (Wildman–Crippen MR) is 114 cm³/mol. The van der Waals surface area contributed by atoms with E-state index in [0.29, 0.717) is 0 Å². The molecule has 2 heterocycles. The second-order valence-electron chi connectivity index (χ2n) is 7.13. The molecule has 1 saturated carbocycles. The fourth-order valence-electron chi connectivity index (χ4n) is 3.72. The van der Waals surface area contributed by atoms with Gasteiger partial charge >= 0.3 is 0 Å². The smallest absolute Gasteiger partial charge is 0.185 e. The van der Waals surface area contributed by atoms with E-state index in [4.69, 9.17) is 0 Å². The second kappa shape index (κ2) is 7.36. The largest absolute Gasteiger partial charge is 0.289 e. The van der Waals surface area contributed by atoms with Crippen LogP contribution in [0.5, 0.6) is 0 Å². The Labute approximate surface area is 167 Å². The zero-order valence-corrected chi connectivity index (χ0v) is 15.7. The van der Waals surface area contributed by atoms with Crippen molar-refractivity contribution in [2.24, 2.45) is 0 Å². The van der Waals surface area contributed by atoms with E-state index in [1.54, 1.807) is 24.8 Å². The van der Waals surface area contributed by atoms with E-state index >= 15 is 0 Å². The zero-order valence-electron chi connectivity index (χ0n) is 15.7. The van der Waals surface area contributed by atoms with Crippen LogP contribution in [0, 0.1) is 0 Å². The number of carbonyl (C=O) groups is 1. The molecule has 140 valence electrons. The van der Waals surface area contributed by atoms with Gasteiger partial charge in [0.15, 0.2) is 5.78 Å². The monoisotopic (exact) mass is 378 g/mol. The average molecular weight is 378 g/mol. The average Bonchev–Trinajstić information content (AvgIpc) is 2.76. The first kappa shape index (κ1) is 17.4. The standard InChI is InChI=1S/C24H18N4O/c29-24-18(12-16-4-6-20-22(14-16)27-10-8-25-20)2-1-3-19(24)13-17-5-7-21-23(15-17)28-11-9-26-21/h4-15H,1-3H2/b18-12+,19-13+. The van der Waals surface area contributed by atoms with Crippen LogP contribution in [0.3, 0.4) is 0 Å². The minimum absolute atomic E-state index is 0.120. The van der Waals surface area contributed by atoms with Gasteiger partial charge in [0.25, 0.3) is 0 Å². The molecule has 4 aromatic rings. The van der Waals surface area contributed by atoms with E-state index in [1.165, 1.54) is 0 Å². The number of Topliss-reactive ketones (excluding diaryl/α,β-unsaturated/α-hetero) is 1. The van der Waals surface area contributed by atoms with Crippen molar-refractivity contribution in [3.63, 3.8) is 0 Å². The van der Waals surface area contributed by atoms with Crippen LogP contribution in [-0.2, 0) is 4.79 Å². The fourth-order valence-corrected chi connectivity index (χ4v) is 3.72. The lowest BCUT2D eigenvalue weighted by Gasteiger charge is -2.16. The number of hydrogen-bond donors (Lipinski definition) is 0. The van der Waals surface area contributed by atoms with Gasteiger partial charge in [-0.05, 0) is 66.8 Å². The third-order valence-corrected chi connectivity index (χ3v) is 5.14. The summed E-state index contributed by atoms with van der Waals surface area (Å²) in [5, 5.41) is 0. The molecule has 0 amide bonds. The maximum atomic E-state index is 13.1. The second-order valence-corrected chi connectivity index (χ2v) is 7.13. The van der Waals surface area contributed by atoms with E-state index in [2.05, 4.69) is 19.9 Å². The minimum Gasteiger partial charge on any atom is -0.289 e. The van der Waals surface area contributed by atoms with Gasteiger partial charge in [0.2, 0.25) is 0 Å². The van der Waals surface area contributed by atoms with E-state index in [9.17, 15) is 4.79 Å². The number of nitrogens with zero attached hydrogens (tertiary/aromatic N) is 4. The SMILES string of the molecule is O=C1/C(=C/c2ccc3nccnc3c2)CCC/C1=C\c1ccc2nccnc2c1. The maximum Gasteiger partial charge on any atom is 0.185 e. The number of aromatic nitrogens is 4. The Morgan fingerprint density at radius 3 is 1.55 bits per heavy atom. The molecule has 1 aliphatic carbocycles. The van der Waals surface area contributed by atoms with Crippen molar-refractivity contribution in [1.29, 1.82) is 0 Å². The van der Waals surface area contributed by atoms with Gasteiger partial charge in [-0.2, -0.15) is 0 Å². The molecule has 0 N–H and O–H groups in total. The molecule has 0 spiro atoms. The van der Waals surface area contributed by atoms with Crippen LogP contribution >= 0.6 is 0 Å². The third-order valence-electron chi connectivity index (χ3n) is 5.14. The van der Waals surface area contributed by atoms with Crippen LogP contribution in [0.1, 0.15) is 30.4 Å². The summed E-state index contributed by atoms with van der Waals surface area (Å²) in [7, 11) is 0. The predicted octanol–water partition coefficient (Wildman–Crippen LogP) is 4.79. The molecule has 0 atom stereocenters. The van der Waals surface area contributed by atoms with E-state index in [0.717, 1.165) is 63.6 Å². The molecule has 0 bridgehead atoms. The summed E-state index contributed by atoms with van der Waals surface area (Å²) >= 11 is 0. The maximum absolute atomic E-state index is 13.1. The molecule has 0 unspecified atom stereocenters. The highest BCUT2D eigenvalue weighted by molar-refractivity contribution is 6.14. The van der Waals surface area contributed by atoms with E-state index < -0.39 is 0 Å². The number of allylic oxidation sites excluding steroid dienone is 2. The Bertz CT molecular complexity index is 1210. The van der Waals surface area contributed by atoms with Crippen molar-refractivity contribution in [2.45, 2.75) is 19.3 Å². The van der Waals surface area contributed by atoms with Gasteiger partial charge in [-0.25, -0.2) is 0 Å². The summed E-state index contributed by atoms with van der Waals surface area (Å²) in [6, 6.07) is 11.8. The minimum atomic E-state index is 0.120. The molecule has 1 aliphatic rings. The molecule has 5 heteroatoms. The number of carbonyl (C=O) groups excluding carboxylic acids is 1. The van der Waals surface area contributed by atoms with Crippen molar-refractivity contribution >= 4 is 40.0 Å². The van der Waals surface area contributed by atoms with Gasteiger partial charge in [0, 0.05) is 35.9 Å². The van der Waals surface area contributed by atoms with Gasteiger partial charge in [-0.15, -0.1) is 0 Å². The Kier molecular flexibility index (Phi) is 4.41. The fraction of sp³-hybridized carbons (Fsp3) is 0.125. The van der Waals surface area contributed by atoms with Crippen LogP contribution in [0.4, 0.5) is 0 Å². The lowest BCUT2D eigenvalue weighted by atomic mass is 9.87. The summed E-state index contributed by atoms with van der Waals surface area (Å²) in [5.74, 6) is 0.120. The van der Waals surface area contributed by atoms with Crippen LogP contribution in [0.2, 0.25) is 0 Å². The van der Waals surface area contributed by atoms with Crippen molar-refractivity contribution in [2.75, 3.05) is 0 Å². The summed E-state index contributed by atoms with van der Waals surface area (Å²) in [4.78, 5) is 30.4. The number of benzene rings is 2. The molecular weight excluding hydrogens is 360 g/mol. The zero-order chi connectivity index (χ0) is 19.6. The van der Waals surface area contributed by atoms with Crippen LogP contribution in [0.25, 0.3) is 34.2 Å². The molecule has 1 fully saturated rings. The van der Waals surface area contributed by atoms with Crippen molar-refractivity contribution < 1.29 is 4.79 Å². The van der Waals surface area contributed by atoms with Gasteiger partial charge in [-0.3, -0.25) is 24.7 Å². The quantitative estimate of drug-likeness (QED) is 0.469. The summed E-state index contributed by atoms with van der Waals surface area (Å²) in [6.07, 6.45) is 13.2. The van der Waals surface area contributed by atoms with Crippen molar-refractivity contribution in [3.8, 4) is 0 Å². The summed E-state index contributed by atoms with van der Waals surface area (Å²) in [6.45, 7) is 0. The van der Waals surface area contributed by atoms with Crippen LogP contribution in [-0.4, -0.2) is 25.7 Å². The van der Waals surface area contributed by atoms with Gasteiger partial charge < -0.3 is 0 Å². The summed E-state index contributed by atoms with van der Waals surface area (Å²) < 4.78 is 0. The Morgan fingerprint density at radius 1 is 0.621 bits per heavy atom. The van der Waals surface area contributed by atoms with Gasteiger partial charge in [0.05, 0.1) is 22.1 Å². The lowest BCUT2D eigenvalue weighted by molar-refractivity contribution is -0.112. The topological polar surface area (TPSA) is 68.6 Å². The number of ketones is 1. The van der Waals surface area contributed by atoms with Crippen molar-refractivity contribution in [1.82, 2.24) is 19.9 Å². The first-order chi connectivity index (χ1) is 14.3. The first-order valence-corrected chi connectivity index (χ1v) is 9.64. The number of hydrogen-bond acceptors (Lipinski definition) is 5. The molecule has 0 saturated heterocycles. The highest BCUT2D eigenvalue weighted by Gasteiger charge is 2.20. The molecule has 0 aliphatic heterocycles. The number of fused-ring (bicyclic) bond motifs is 2. The molecular formula is C24H18N4O. The van der Waals surface area contributed by atoms with Crippen LogP contribution in [0.15, 0.2) is 72.3 Å². The normalized spacial score (nSPS) is 17.4. The Morgan fingerprint density at radius 2 is 1.07 bits per heavy atom. The molecule has 0 radical (unpaired) electrons. The molecule has 2 aromatic carbocycles. The number of rotatable bonds is 2. The highest BCUT2D eigenvalue weighted by atomic mass is 16.1. The van der Waals surface area contributed by atoms with Gasteiger partial charge in [0.1, 0.15) is 0 Å². The third kappa shape index (κ3) is 3.55. The molecule has 2 aromatic heterocycles. The lowest BCUT2D eigenvalue weighted by Crippen LogP contribution is -2.12. The van der Waals surface area contributed by atoms with Crippen molar-refractivity contribution in [3.05, 3.63) is 83.5 Å². The van der Waals surface area contributed by atoms with E-state index in [1.807, 2.05) is 48.6 Å². The Balaban J connectivity index is 1.47. The van der Waals surface area contributed by atoms with Crippen LogP contribution < -0.4 is 0 Å². The van der Waals surface area contributed by atoms with E-state index in [-0.39, 0.29) is 5.78 Å². The molecule has 29 heavy (non-hydrogen) atoms.